The molecule has 0 aliphatic rings. The molecule has 2 heterocycles. The van der Waals surface area contributed by atoms with E-state index < -0.39 is 5.82 Å². The maximum atomic E-state index is 13.2. The smallest absolute Gasteiger partial charge is 0.184 e. The van der Waals surface area contributed by atoms with Gasteiger partial charge in [0.25, 0.3) is 0 Å². The fourth-order valence-electron chi connectivity index (χ4n) is 1.40. The highest BCUT2D eigenvalue weighted by Gasteiger charge is 2.12. The van der Waals surface area contributed by atoms with Crippen molar-refractivity contribution in [3.63, 3.8) is 0 Å². The summed E-state index contributed by atoms with van der Waals surface area (Å²) in [4.78, 5) is 15.4. The van der Waals surface area contributed by atoms with Crippen LogP contribution in [0.5, 0.6) is 0 Å². The molecule has 0 radical (unpaired) electrons. The Morgan fingerprint density at radius 1 is 1.44 bits per heavy atom. The second kappa shape index (κ2) is 4.99. The number of thiophene rings is 1. The fraction of sp³-hybridized carbons (Fsp3) is 0.167. The Hall–Kier alpha value is -1.55. The average Bonchev–Trinajstić information content (AvgIpc) is 2.79. The molecule has 0 saturated carbocycles. The number of rotatable bonds is 4. The fourth-order valence-corrected chi connectivity index (χ4v) is 2.11. The van der Waals surface area contributed by atoms with Crippen LogP contribution in [0.1, 0.15) is 22.5 Å². The van der Waals surface area contributed by atoms with Crippen molar-refractivity contribution in [1.29, 1.82) is 0 Å². The summed E-state index contributed by atoms with van der Waals surface area (Å²) < 4.78 is 13.2. The van der Waals surface area contributed by atoms with E-state index in [2.05, 4.69) is 4.98 Å². The van der Waals surface area contributed by atoms with Crippen LogP contribution in [-0.4, -0.2) is 10.8 Å². The highest BCUT2D eigenvalue weighted by Crippen LogP contribution is 2.12. The Morgan fingerprint density at radius 2 is 2.31 bits per heavy atom. The summed E-state index contributed by atoms with van der Waals surface area (Å²) in [5, 5.41) is 3.95. The topological polar surface area (TPSA) is 30.0 Å². The largest absolute Gasteiger partial charge is 0.292 e. The van der Waals surface area contributed by atoms with Crippen LogP contribution in [0.3, 0.4) is 0 Å². The van der Waals surface area contributed by atoms with Gasteiger partial charge in [0.1, 0.15) is 5.69 Å². The third kappa shape index (κ3) is 2.52. The molecule has 2 aromatic rings. The zero-order valence-corrected chi connectivity index (χ0v) is 9.34. The van der Waals surface area contributed by atoms with Gasteiger partial charge in [-0.3, -0.25) is 9.78 Å². The van der Waals surface area contributed by atoms with Gasteiger partial charge in [0.15, 0.2) is 11.6 Å². The van der Waals surface area contributed by atoms with Crippen molar-refractivity contribution in [2.45, 2.75) is 12.8 Å². The monoisotopic (exact) mass is 235 g/mol. The first kappa shape index (κ1) is 11.0. The molecule has 0 bridgehead atoms. The molecule has 2 aromatic heterocycles. The molecule has 82 valence electrons. The summed E-state index contributed by atoms with van der Waals surface area (Å²) in [6.07, 6.45) is 2.36. The number of aromatic nitrogens is 1. The number of nitrogens with zero attached hydrogens (tertiary/aromatic N) is 1. The van der Waals surface area contributed by atoms with E-state index in [4.69, 9.17) is 0 Å². The van der Waals surface area contributed by atoms with Gasteiger partial charge in [-0.15, -0.1) is 0 Å². The molecule has 0 N–H and O–H groups in total. The second-order valence-corrected chi connectivity index (χ2v) is 4.17. The van der Waals surface area contributed by atoms with Crippen molar-refractivity contribution in [1.82, 2.24) is 4.98 Å². The Morgan fingerprint density at radius 3 is 3.00 bits per heavy atom. The first-order chi connectivity index (χ1) is 7.77. The van der Waals surface area contributed by atoms with E-state index in [9.17, 15) is 9.18 Å². The Balaban J connectivity index is 2.01. The molecule has 4 heteroatoms. The molecule has 0 saturated heterocycles. The maximum Gasteiger partial charge on any atom is 0.184 e. The van der Waals surface area contributed by atoms with Crippen LogP contribution in [0.2, 0.25) is 0 Å². The number of ketones is 1. The lowest BCUT2D eigenvalue weighted by Crippen LogP contribution is -2.06. The van der Waals surface area contributed by atoms with Crippen molar-refractivity contribution in [2.75, 3.05) is 0 Å². The normalized spacial score (nSPS) is 10.3. The molecular formula is C12H10FNOS. The predicted octanol–water partition coefficient (Wildman–Crippen LogP) is 3.10. The predicted molar refractivity (Wildman–Crippen MR) is 61.2 cm³/mol. The number of aryl methyl sites for hydroxylation is 1. The van der Waals surface area contributed by atoms with Gasteiger partial charge >= 0.3 is 0 Å². The zero-order chi connectivity index (χ0) is 11.4. The van der Waals surface area contributed by atoms with Crippen LogP contribution in [0.15, 0.2) is 35.2 Å². The van der Waals surface area contributed by atoms with E-state index in [0.29, 0.717) is 12.8 Å². The van der Waals surface area contributed by atoms with Gasteiger partial charge in [0, 0.05) is 12.6 Å². The highest BCUT2D eigenvalue weighted by atomic mass is 32.1. The summed E-state index contributed by atoms with van der Waals surface area (Å²) in [5.74, 6) is -0.790. The molecule has 0 aliphatic carbocycles. The Labute approximate surface area is 96.8 Å². The van der Waals surface area contributed by atoms with Crippen molar-refractivity contribution in [2.24, 2.45) is 0 Å². The van der Waals surface area contributed by atoms with Gasteiger partial charge in [-0.2, -0.15) is 11.3 Å². The number of carbonyl (C=O) groups excluding carboxylic acids is 1. The number of hydrogen-bond acceptors (Lipinski definition) is 3. The highest BCUT2D eigenvalue weighted by molar-refractivity contribution is 7.07. The SMILES string of the molecule is O=C(CCc1ccsc1)c1ncccc1F. The number of halogens is 1. The zero-order valence-electron chi connectivity index (χ0n) is 8.52. The standard InChI is InChI=1S/C12H10FNOS/c13-10-2-1-6-14-12(10)11(15)4-3-9-5-7-16-8-9/h1-2,5-8H,3-4H2. The molecule has 0 aliphatic heterocycles. The lowest BCUT2D eigenvalue weighted by molar-refractivity contribution is 0.0973. The Bertz CT molecular complexity index is 482. The number of pyridine rings is 1. The van der Waals surface area contributed by atoms with Crippen LogP contribution in [0.4, 0.5) is 4.39 Å². The lowest BCUT2D eigenvalue weighted by atomic mass is 10.1. The number of carbonyl (C=O) groups is 1. The molecule has 0 fully saturated rings. The van der Waals surface area contributed by atoms with Gasteiger partial charge in [0.05, 0.1) is 0 Å². The third-order valence-corrected chi connectivity index (χ3v) is 2.98. The van der Waals surface area contributed by atoms with Crippen LogP contribution in [0.25, 0.3) is 0 Å². The third-order valence-electron chi connectivity index (χ3n) is 2.24. The molecule has 0 unspecified atom stereocenters. The van der Waals surface area contributed by atoms with E-state index in [1.807, 2.05) is 16.8 Å². The van der Waals surface area contributed by atoms with Gasteiger partial charge in [0.2, 0.25) is 0 Å². The average molecular weight is 235 g/mol. The molecule has 0 aromatic carbocycles. The molecule has 0 atom stereocenters. The lowest BCUT2D eigenvalue weighted by Gasteiger charge is -2.00. The molecule has 16 heavy (non-hydrogen) atoms. The summed E-state index contributed by atoms with van der Waals surface area (Å²) in [6.45, 7) is 0. The van der Waals surface area contributed by atoms with Gasteiger partial charge < -0.3 is 0 Å². The minimum atomic E-state index is -0.544. The van der Waals surface area contributed by atoms with E-state index in [0.717, 1.165) is 5.56 Å². The molecule has 2 nitrogen and oxygen atoms in total. The second-order valence-electron chi connectivity index (χ2n) is 3.39. The first-order valence-corrected chi connectivity index (χ1v) is 5.86. The summed E-state index contributed by atoms with van der Waals surface area (Å²) in [7, 11) is 0. The minimum absolute atomic E-state index is 0.0577. The van der Waals surface area contributed by atoms with Gasteiger partial charge in [-0.1, -0.05) is 0 Å². The molecule has 0 spiro atoms. The summed E-state index contributed by atoms with van der Waals surface area (Å²) in [5.41, 5.74) is 1.05. The van der Waals surface area contributed by atoms with Crippen LogP contribution < -0.4 is 0 Å². The number of hydrogen-bond donors (Lipinski definition) is 0. The van der Waals surface area contributed by atoms with Crippen LogP contribution in [-0.2, 0) is 6.42 Å². The number of Topliss-reactive ketones (excluding diaryl/α,β-unsaturated/α-hetero) is 1. The minimum Gasteiger partial charge on any atom is -0.292 e. The van der Waals surface area contributed by atoms with Crippen molar-refractivity contribution < 1.29 is 9.18 Å². The summed E-state index contributed by atoms with van der Waals surface area (Å²) in [6, 6.07) is 4.70. The van der Waals surface area contributed by atoms with E-state index >= 15 is 0 Å². The molecule has 0 amide bonds. The van der Waals surface area contributed by atoms with Crippen LogP contribution in [0, 0.1) is 5.82 Å². The molecular weight excluding hydrogens is 225 g/mol. The summed E-state index contributed by atoms with van der Waals surface area (Å²) >= 11 is 1.59. The Kier molecular flexibility index (Phi) is 3.41. The van der Waals surface area contributed by atoms with Crippen molar-refractivity contribution in [3.8, 4) is 0 Å². The first-order valence-electron chi connectivity index (χ1n) is 4.92. The van der Waals surface area contributed by atoms with Crippen molar-refractivity contribution in [3.05, 3.63) is 52.2 Å². The quantitative estimate of drug-likeness (QED) is 0.762. The van der Waals surface area contributed by atoms with E-state index in [-0.39, 0.29) is 11.5 Å². The molecule has 2 rings (SSSR count). The van der Waals surface area contributed by atoms with Crippen LogP contribution >= 0.6 is 11.3 Å². The maximum absolute atomic E-state index is 13.2. The van der Waals surface area contributed by atoms with Gasteiger partial charge in [-0.25, -0.2) is 4.39 Å². The van der Waals surface area contributed by atoms with E-state index in [1.165, 1.54) is 18.3 Å². The van der Waals surface area contributed by atoms with E-state index in [1.54, 1.807) is 11.3 Å². The van der Waals surface area contributed by atoms with Crippen molar-refractivity contribution >= 4 is 17.1 Å². The van der Waals surface area contributed by atoms with Gasteiger partial charge in [-0.05, 0) is 40.9 Å².